The highest BCUT2D eigenvalue weighted by molar-refractivity contribution is 5.78. The van der Waals surface area contributed by atoms with Gasteiger partial charge in [0.1, 0.15) is 13.2 Å². The van der Waals surface area contributed by atoms with Gasteiger partial charge in [-0.2, -0.15) is 0 Å². The lowest BCUT2D eigenvalue weighted by Crippen LogP contribution is -2.21. The molecular formula is C13H16O6. The van der Waals surface area contributed by atoms with E-state index in [1.165, 1.54) is 14.2 Å². The lowest BCUT2D eigenvalue weighted by atomic mass is 10.0. The van der Waals surface area contributed by atoms with Crippen molar-refractivity contribution < 1.29 is 28.8 Å². The van der Waals surface area contributed by atoms with Crippen LogP contribution in [0.3, 0.4) is 0 Å². The van der Waals surface area contributed by atoms with E-state index in [-0.39, 0.29) is 6.61 Å². The van der Waals surface area contributed by atoms with E-state index in [0.717, 1.165) is 0 Å². The van der Waals surface area contributed by atoms with Crippen molar-refractivity contribution in [3.8, 4) is 11.5 Å². The minimum Gasteiger partial charge on any atom is -0.486 e. The summed E-state index contributed by atoms with van der Waals surface area (Å²) in [6, 6.07) is 3.47. The molecule has 0 spiro atoms. The largest absolute Gasteiger partial charge is 0.486 e. The molecule has 6 heteroatoms. The highest BCUT2D eigenvalue weighted by atomic mass is 16.6. The zero-order valence-corrected chi connectivity index (χ0v) is 10.8. The molecule has 1 aliphatic rings. The highest BCUT2D eigenvalue weighted by Gasteiger charge is 2.29. The maximum atomic E-state index is 11.5. The van der Waals surface area contributed by atoms with Gasteiger partial charge in [0.25, 0.3) is 0 Å². The Hall–Kier alpha value is -1.79. The molecule has 0 bridgehead atoms. The van der Waals surface area contributed by atoms with Crippen molar-refractivity contribution >= 4 is 5.97 Å². The van der Waals surface area contributed by atoms with Crippen molar-refractivity contribution in [2.24, 2.45) is 0 Å². The van der Waals surface area contributed by atoms with Crippen LogP contribution in [0, 0.1) is 0 Å². The van der Waals surface area contributed by atoms with Crippen LogP contribution >= 0.6 is 0 Å². The third-order valence-electron chi connectivity index (χ3n) is 2.84. The molecule has 0 aliphatic carbocycles. The molecule has 1 aromatic rings. The van der Waals surface area contributed by atoms with Crippen molar-refractivity contribution in [1.82, 2.24) is 0 Å². The summed E-state index contributed by atoms with van der Waals surface area (Å²) in [6.07, 6.45) is -1.42. The number of benzene rings is 1. The number of hydrogen-bond donors (Lipinski definition) is 1. The van der Waals surface area contributed by atoms with Gasteiger partial charge in [0, 0.05) is 12.7 Å². The van der Waals surface area contributed by atoms with Crippen molar-refractivity contribution in [1.29, 1.82) is 0 Å². The van der Waals surface area contributed by atoms with Gasteiger partial charge in [0.15, 0.2) is 17.6 Å². The summed E-state index contributed by atoms with van der Waals surface area (Å²) in [5, 5.41) is 10.1. The molecule has 2 rings (SSSR count). The van der Waals surface area contributed by atoms with Gasteiger partial charge in [-0.3, -0.25) is 0 Å². The van der Waals surface area contributed by atoms with Crippen LogP contribution in [-0.4, -0.2) is 38.5 Å². The average molecular weight is 268 g/mol. The Morgan fingerprint density at radius 1 is 1.37 bits per heavy atom. The molecule has 19 heavy (non-hydrogen) atoms. The van der Waals surface area contributed by atoms with Crippen LogP contribution in [0.25, 0.3) is 0 Å². The maximum absolute atomic E-state index is 11.5. The van der Waals surface area contributed by atoms with Gasteiger partial charge in [0.05, 0.1) is 13.7 Å². The van der Waals surface area contributed by atoms with Crippen LogP contribution < -0.4 is 9.47 Å². The van der Waals surface area contributed by atoms with E-state index >= 15 is 0 Å². The zero-order valence-electron chi connectivity index (χ0n) is 10.8. The topological polar surface area (TPSA) is 74.2 Å². The van der Waals surface area contributed by atoms with Gasteiger partial charge in [-0.15, -0.1) is 0 Å². The van der Waals surface area contributed by atoms with Crippen LogP contribution in [-0.2, 0) is 20.9 Å². The first-order chi connectivity index (χ1) is 9.19. The number of rotatable bonds is 4. The second-order valence-electron chi connectivity index (χ2n) is 4.02. The van der Waals surface area contributed by atoms with Crippen molar-refractivity contribution in [3.63, 3.8) is 0 Å². The van der Waals surface area contributed by atoms with E-state index in [1.54, 1.807) is 12.1 Å². The molecule has 0 fully saturated rings. The van der Waals surface area contributed by atoms with Gasteiger partial charge in [-0.05, 0) is 11.6 Å². The number of fused-ring (bicyclic) bond motifs is 1. The quantitative estimate of drug-likeness (QED) is 0.815. The molecular weight excluding hydrogens is 252 g/mol. The van der Waals surface area contributed by atoms with Crippen molar-refractivity contribution in [2.75, 3.05) is 27.4 Å². The Morgan fingerprint density at radius 3 is 2.79 bits per heavy atom. The SMILES string of the molecule is COCc1ccc2c(c1C(O)C(=O)OC)OCCO2. The number of carbonyl (C=O) groups is 1. The van der Waals surface area contributed by atoms with Gasteiger partial charge in [0.2, 0.25) is 0 Å². The fraction of sp³-hybridized carbons (Fsp3) is 0.462. The summed E-state index contributed by atoms with van der Waals surface area (Å²) in [5.41, 5.74) is 0.996. The maximum Gasteiger partial charge on any atom is 0.339 e. The molecule has 0 aromatic heterocycles. The number of aliphatic hydroxyl groups is 1. The second kappa shape index (κ2) is 5.90. The first-order valence-electron chi connectivity index (χ1n) is 5.85. The molecule has 1 heterocycles. The fourth-order valence-electron chi connectivity index (χ4n) is 1.99. The monoisotopic (exact) mass is 268 g/mol. The number of hydrogen-bond acceptors (Lipinski definition) is 6. The summed E-state index contributed by atoms with van der Waals surface area (Å²) in [4.78, 5) is 11.5. The van der Waals surface area contributed by atoms with Gasteiger partial charge >= 0.3 is 5.97 Å². The lowest BCUT2D eigenvalue weighted by molar-refractivity contribution is -0.150. The zero-order chi connectivity index (χ0) is 13.8. The smallest absolute Gasteiger partial charge is 0.339 e. The number of carbonyl (C=O) groups excluding carboxylic acids is 1. The Morgan fingerprint density at radius 2 is 2.11 bits per heavy atom. The summed E-state index contributed by atoms with van der Waals surface area (Å²) < 4.78 is 20.6. The lowest BCUT2D eigenvalue weighted by Gasteiger charge is -2.24. The molecule has 6 nitrogen and oxygen atoms in total. The predicted molar refractivity (Wildman–Crippen MR) is 65.1 cm³/mol. The molecule has 0 saturated carbocycles. The van der Waals surface area contributed by atoms with Crippen molar-refractivity contribution in [2.45, 2.75) is 12.7 Å². The van der Waals surface area contributed by atoms with E-state index in [1.807, 2.05) is 0 Å². The van der Waals surface area contributed by atoms with Crippen molar-refractivity contribution in [3.05, 3.63) is 23.3 Å². The van der Waals surface area contributed by atoms with Gasteiger partial charge in [-0.25, -0.2) is 4.79 Å². The molecule has 104 valence electrons. The minimum absolute atomic E-state index is 0.250. The normalized spacial score (nSPS) is 14.9. The molecule has 0 radical (unpaired) electrons. The first-order valence-corrected chi connectivity index (χ1v) is 5.85. The van der Waals surface area contributed by atoms with Crippen LogP contribution in [0.15, 0.2) is 12.1 Å². The Bertz CT molecular complexity index is 470. The van der Waals surface area contributed by atoms with Crippen LogP contribution in [0.2, 0.25) is 0 Å². The fourth-order valence-corrected chi connectivity index (χ4v) is 1.99. The summed E-state index contributed by atoms with van der Waals surface area (Å²) in [5.74, 6) is 0.127. The van der Waals surface area contributed by atoms with E-state index < -0.39 is 12.1 Å². The Kier molecular flexibility index (Phi) is 4.24. The molecule has 0 amide bonds. The predicted octanol–water partition coefficient (Wildman–Crippen LogP) is 0.811. The standard InChI is InChI=1S/C13H16O6/c1-16-7-8-3-4-9-12(19-6-5-18-9)10(8)11(14)13(15)17-2/h3-4,11,14H,5-7H2,1-2H3. The molecule has 1 aliphatic heterocycles. The second-order valence-corrected chi connectivity index (χ2v) is 4.02. The highest BCUT2D eigenvalue weighted by Crippen LogP contribution is 2.40. The van der Waals surface area contributed by atoms with Crippen LogP contribution in [0.1, 0.15) is 17.2 Å². The van der Waals surface area contributed by atoms with E-state index in [0.29, 0.717) is 35.8 Å². The summed E-state index contributed by atoms with van der Waals surface area (Å²) >= 11 is 0. The van der Waals surface area contributed by atoms with Crippen LogP contribution in [0.4, 0.5) is 0 Å². The first kappa shape index (κ1) is 13.6. The molecule has 1 N–H and O–H groups in total. The number of aliphatic hydroxyl groups excluding tert-OH is 1. The molecule has 1 aromatic carbocycles. The third-order valence-corrected chi connectivity index (χ3v) is 2.84. The van der Waals surface area contributed by atoms with Gasteiger partial charge in [-0.1, -0.05) is 6.07 Å². The number of methoxy groups -OCH3 is 2. The molecule has 1 atom stereocenters. The molecule has 0 saturated heterocycles. The van der Waals surface area contributed by atoms with Gasteiger partial charge < -0.3 is 24.1 Å². The minimum atomic E-state index is -1.42. The van der Waals surface area contributed by atoms with E-state index in [4.69, 9.17) is 14.2 Å². The van der Waals surface area contributed by atoms with E-state index in [2.05, 4.69) is 4.74 Å². The number of esters is 1. The average Bonchev–Trinajstić information content (AvgIpc) is 2.45. The summed E-state index contributed by atoms with van der Waals surface area (Å²) in [7, 11) is 2.75. The third kappa shape index (κ3) is 2.64. The number of ether oxygens (including phenoxy) is 4. The Labute approximate surface area is 110 Å². The van der Waals surface area contributed by atoms with Crippen LogP contribution in [0.5, 0.6) is 11.5 Å². The van der Waals surface area contributed by atoms with E-state index in [9.17, 15) is 9.90 Å². The molecule has 1 unspecified atom stereocenters. The Balaban J connectivity index is 2.49. The summed E-state index contributed by atoms with van der Waals surface area (Å²) in [6.45, 7) is 1.05.